The lowest BCUT2D eigenvalue weighted by atomic mass is 9.87. The van der Waals surface area contributed by atoms with Crippen LogP contribution in [0.25, 0.3) is 0 Å². The molecule has 2 nitrogen and oxygen atoms in total. The van der Waals surface area contributed by atoms with Crippen LogP contribution in [0.1, 0.15) is 83.1 Å². The van der Waals surface area contributed by atoms with E-state index in [9.17, 15) is 4.79 Å². The van der Waals surface area contributed by atoms with E-state index >= 15 is 0 Å². The summed E-state index contributed by atoms with van der Waals surface area (Å²) in [5, 5.41) is 0. The molecule has 2 rings (SSSR count). The molecule has 0 bridgehead atoms. The van der Waals surface area contributed by atoms with Crippen molar-refractivity contribution in [2.75, 3.05) is 0 Å². The van der Waals surface area contributed by atoms with E-state index in [1.807, 2.05) is 18.2 Å². The zero-order chi connectivity index (χ0) is 17.7. The number of benzene rings is 1. The lowest BCUT2D eigenvalue weighted by Gasteiger charge is -2.35. The molecule has 0 unspecified atom stereocenters. The van der Waals surface area contributed by atoms with Gasteiger partial charge in [-0.3, -0.25) is 4.79 Å². The predicted molar refractivity (Wildman–Crippen MR) is 104 cm³/mol. The molecule has 2 atom stereocenters. The fourth-order valence-electron chi connectivity index (χ4n) is 3.57. The summed E-state index contributed by atoms with van der Waals surface area (Å²) in [4.78, 5) is 11.7. The summed E-state index contributed by atoms with van der Waals surface area (Å²) in [5.74, 6) is 0.0343. The van der Waals surface area contributed by atoms with Gasteiger partial charge in [0.1, 0.15) is 6.10 Å². The summed E-state index contributed by atoms with van der Waals surface area (Å²) < 4.78 is 5.35. The number of carbonyl (C=O) groups is 1. The molecule has 1 aromatic carbocycles. The first kappa shape index (κ1) is 20.0. The minimum Gasteiger partial charge on any atom is -0.461 e. The number of hydrogen-bond donors (Lipinski definition) is 0. The van der Waals surface area contributed by atoms with E-state index in [4.69, 9.17) is 4.74 Å². The molecule has 1 aromatic rings. The molecule has 0 amide bonds. The van der Waals surface area contributed by atoms with E-state index in [1.54, 1.807) is 0 Å². The van der Waals surface area contributed by atoms with Crippen LogP contribution in [0.3, 0.4) is 0 Å². The van der Waals surface area contributed by atoms with Gasteiger partial charge >= 0.3 is 5.97 Å². The van der Waals surface area contributed by atoms with Crippen molar-refractivity contribution >= 4 is 5.97 Å². The molecular formula is C23H35O2. The highest BCUT2D eigenvalue weighted by molar-refractivity contribution is 5.78. The summed E-state index contributed by atoms with van der Waals surface area (Å²) in [5.41, 5.74) is 1.23. The molecule has 1 saturated heterocycles. The summed E-state index contributed by atoms with van der Waals surface area (Å²) in [6, 6.07) is 10.3. The molecule has 139 valence electrons. The monoisotopic (exact) mass is 343 g/mol. The van der Waals surface area contributed by atoms with Crippen molar-refractivity contribution in [3.8, 4) is 0 Å². The van der Waals surface area contributed by atoms with Crippen LogP contribution in [0.5, 0.6) is 0 Å². The van der Waals surface area contributed by atoms with Gasteiger partial charge < -0.3 is 4.74 Å². The average Bonchev–Trinajstić information content (AvgIpc) is 2.64. The highest BCUT2D eigenvalue weighted by Crippen LogP contribution is 2.30. The minimum atomic E-state index is -0.0228. The number of esters is 1. The van der Waals surface area contributed by atoms with Gasteiger partial charge in [-0.1, -0.05) is 101 Å². The number of ether oxygens (including phenoxy) is 1. The second-order valence-electron chi connectivity index (χ2n) is 7.41. The smallest absolute Gasteiger partial charge is 0.313 e. The van der Waals surface area contributed by atoms with Crippen LogP contribution < -0.4 is 0 Å². The van der Waals surface area contributed by atoms with E-state index in [1.165, 1.54) is 63.4 Å². The maximum Gasteiger partial charge on any atom is 0.313 e. The highest BCUT2D eigenvalue weighted by Gasteiger charge is 2.41. The molecule has 0 saturated carbocycles. The standard InChI is InChI=1S/C23H35O2/c1-2-3-4-5-6-7-8-9-10-11-15-18-22-21(23(24)25-22)19-20-16-13-12-14-17-20/h12-17,21-22H,2-11,18-19H2,1H3/t21-,22-/m1/s1. The van der Waals surface area contributed by atoms with Crippen LogP contribution in [0.4, 0.5) is 0 Å². The highest BCUT2D eigenvalue weighted by atomic mass is 16.6. The molecular weight excluding hydrogens is 308 g/mol. The normalized spacial score (nSPS) is 19.5. The van der Waals surface area contributed by atoms with Crippen molar-refractivity contribution in [1.29, 1.82) is 0 Å². The van der Waals surface area contributed by atoms with Crippen molar-refractivity contribution in [1.82, 2.24) is 0 Å². The summed E-state index contributed by atoms with van der Waals surface area (Å²) in [6.07, 6.45) is 17.7. The lowest BCUT2D eigenvalue weighted by Crippen LogP contribution is -2.46. The zero-order valence-electron chi connectivity index (χ0n) is 15.9. The van der Waals surface area contributed by atoms with Crippen LogP contribution in [-0.4, -0.2) is 12.1 Å². The van der Waals surface area contributed by atoms with Gasteiger partial charge in [-0.15, -0.1) is 0 Å². The maximum atomic E-state index is 11.7. The van der Waals surface area contributed by atoms with Crippen molar-refractivity contribution in [3.63, 3.8) is 0 Å². The molecule has 0 aromatic heterocycles. The fourth-order valence-corrected chi connectivity index (χ4v) is 3.57. The van der Waals surface area contributed by atoms with Crippen molar-refractivity contribution < 1.29 is 9.53 Å². The molecule has 2 heteroatoms. The largest absolute Gasteiger partial charge is 0.461 e. The van der Waals surface area contributed by atoms with E-state index in [2.05, 4.69) is 25.5 Å². The number of unbranched alkanes of at least 4 members (excludes halogenated alkanes) is 10. The molecule has 1 radical (unpaired) electrons. The Morgan fingerprint density at radius 1 is 0.920 bits per heavy atom. The fraction of sp³-hybridized carbons (Fsp3) is 0.652. The third-order valence-electron chi connectivity index (χ3n) is 5.23. The summed E-state index contributed by atoms with van der Waals surface area (Å²) >= 11 is 0. The molecule has 1 aliphatic heterocycles. The van der Waals surface area contributed by atoms with E-state index in [0.29, 0.717) is 0 Å². The second kappa shape index (κ2) is 12.1. The number of hydrogen-bond acceptors (Lipinski definition) is 2. The van der Waals surface area contributed by atoms with Crippen LogP contribution in [0.15, 0.2) is 30.3 Å². The Morgan fingerprint density at radius 3 is 2.20 bits per heavy atom. The van der Waals surface area contributed by atoms with Gasteiger partial charge in [-0.05, 0) is 24.8 Å². The van der Waals surface area contributed by atoms with Gasteiger partial charge in [0.25, 0.3) is 0 Å². The minimum absolute atomic E-state index is 0.0228. The molecule has 0 spiro atoms. The number of cyclic esters (lactones) is 1. The third kappa shape index (κ3) is 7.63. The third-order valence-corrected chi connectivity index (χ3v) is 5.23. The lowest BCUT2D eigenvalue weighted by molar-refractivity contribution is -0.184. The Labute approximate surface area is 154 Å². The van der Waals surface area contributed by atoms with Crippen molar-refractivity contribution in [2.24, 2.45) is 5.92 Å². The molecule has 1 fully saturated rings. The maximum absolute atomic E-state index is 11.7. The molecule has 25 heavy (non-hydrogen) atoms. The van der Waals surface area contributed by atoms with Gasteiger partial charge in [-0.25, -0.2) is 0 Å². The summed E-state index contributed by atoms with van der Waals surface area (Å²) in [6.45, 7) is 2.27. The van der Waals surface area contributed by atoms with Gasteiger partial charge in [0.05, 0.1) is 5.92 Å². The Hall–Kier alpha value is -1.31. The van der Waals surface area contributed by atoms with Crippen LogP contribution in [0, 0.1) is 12.3 Å². The van der Waals surface area contributed by atoms with Gasteiger partial charge in [0.15, 0.2) is 0 Å². The van der Waals surface area contributed by atoms with Gasteiger partial charge in [-0.2, -0.15) is 0 Å². The van der Waals surface area contributed by atoms with Crippen LogP contribution in [-0.2, 0) is 16.0 Å². The van der Waals surface area contributed by atoms with Crippen LogP contribution in [0.2, 0.25) is 0 Å². The first-order chi connectivity index (χ1) is 12.3. The van der Waals surface area contributed by atoms with Crippen molar-refractivity contribution in [2.45, 2.75) is 90.1 Å². The van der Waals surface area contributed by atoms with Crippen molar-refractivity contribution in [3.05, 3.63) is 42.3 Å². The quantitative estimate of drug-likeness (QED) is 0.293. The van der Waals surface area contributed by atoms with Crippen LogP contribution >= 0.6 is 0 Å². The molecule has 1 heterocycles. The average molecular weight is 344 g/mol. The Morgan fingerprint density at radius 2 is 1.56 bits per heavy atom. The number of rotatable bonds is 14. The summed E-state index contributed by atoms with van der Waals surface area (Å²) in [7, 11) is 0. The van der Waals surface area contributed by atoms with E-state index in [0.717, 1.165) is 19.3 Å². The molecule has 0 N–H and O–H groups in total. The second-order valence-corrected chi connectivity index (χ2v) is 7.41. The first-order valence-electron chi connectivity index (χ1n) is 10.4. The topological polar surface area (TPSA) is 26.3 Å². The Kier molecular flexibility index (Phi) is 9.69. The Balaban J connectivity index is 1.46. The predicted octanol–water partition coefficient (Wildman–Crippen LogP) is 6.29. The molecule has 1 aliphatic rings. The number of carbonyl (C=O) groups excluding carboxylic acids is 1. The molecule has 0 aliphatic carbocycles. The SMILES string of the molecule is CCCCCCCCCCC[CH]C[C@H]1OC(=O)[C@@H]1Cc1ccccc1. The first-order valence-corrected chi connectivity index (χ1v) is 10.4. The Bertz CT molecular complexity index is 468. The van der Waals surface area contributed by atoms with E-state index < -0.39 is 0 Å². The van der Waals surface area contributed by atoms with Gasteiger partial charge in [0.2, 0.25) is 0 Å². The van der Waals surface area contributed by atoms with E-state index in [-0.39, 0.29) is 18.0 Å². The van der Waals surface area contributed by atoms with Gasteiger partial charge in [0, 0.05) is 0 Å². The zero-order valence-corrected chi connectivity index (χ0v) is 15.9.